The number of sulfone groups is 1. The SMILES string of the molecule is COc1ccc(C(CS(C)(=O)=O)N2C(=O)c3cccc(-n4cccc4)c3C2=O)cc1OC. The van der Waals surface area contributed by atoms with Crippen molar-refractivity contribution in [2.45, 2.75) is 6.04 Å². The van der Waals surface area contributed by atoms with E-state index in [0.29, 0.717) is 22.7 Å². The van der Waals surface area contributed by atoms with E-state index in [0.717, 1.165) is 11.2 Å². The van der Waals surface area contributed by atoms with Gasteiger partial charge in [0.05, 0.1) is 42.8 Å². The van der Waals surface area contributed by atoms with E-state index in [-0.39, 0.29) is 11.1 Å². The molecule has 4 rings (SSSR count). The summed E-state index contributed by atoms with van der Waals surface area (Å²) < 4.78 is 36.9. The Morgan fingerprint density at radius 1 is 0.906 bits per heavy atom. The summed E-state index contributed by atoms with van der Waals surface area (Å²) in [7, 11) is -0.614. The van der Waals surface area contributed by atoms with Crippen LogP contribution in [0.1, 0.15) is 32.3 Å². The summed E-state index contributed by atoms with van der Waals surface area (Å²) >= 11 is 0. The van der Waals surface area contributed by atoms with Crippen LogP contribution in [0.25, 0.3) is 5.69 Å². The molecule has 0 radical (unpaired) electrons. The highest BCUT2D eigenvalue weighted by atomic mass is 32.2. The summed E-state index contributed by atoms with van der Waals surface area (Å²) in [4.78, 5) is 27.9. The predicted molar refractivity (Wildman–Crippen MR) is 118 cm³/mol. The Morgan fingerprint density at radius 2 is 1.59 bits per heavy atom. The molecule has 0 bridgehead atoms. The zero-order chi connectivity index (χ0) is 23.0. The summed E-state index contributed by atoms with van der Waals surface area (Å²) in [6.45, 7) is 0. The number of rotatable bonds is 7. The largest absolute Gasteiger partial charge is 0.493 e. The summed E-state index contributed by atoms with van der Waals surface area (Å²) in [5, 5.41) is 0. The highest BCUT2D eigenvalue weighted by Gasteiger charge is 2.43. The average molecular weight is 455 g/mol. The van der Waals surface area contributed by atoms with Crippen LogP contribution in [0.4, 0.5) is 0 Å². The highest BCUT2D eigenvalue weighted by molar-refractivity contribution is 7.90. The molecule has 1 aromatic heterocycles. The molecule has 0 saturated heterocycles. The maximum Gasteiger partial charge on any atom is 0.264 e. The number of benzene rings is 2. The zero-order valence-electron chi connectivity index (χ0n) is 17.8. The van der Waals surface area contributed by atoms with Gasteiger partial charge in [0.1, 0.15) is 9.84 Å². The molecule has 0 N–H and O–H groups in total. The van der Waals surface area contributed by atoms with E-state index in [1.54, 1.807) is 53.4 Å². The highest BCUT2D eigenvalue weighted by Crippen LogP contribution is 2.38. The maximum atomic E-state index is 13.5. The number of methoxy groups -OCH3 is 2. The van der Waals surface area contributed by atoms with E-state index < -0.39 is 33.4 Å². The minimum Gasteiger partial charge on any atom is -0.493 e. The number of aromatic nitrogens is 1. The molecule has 0 saturated carbocycles. The van der Waals surface area contributed by atoms with E-state index in [1.165, 1.54) is 14.2 Å². The van der Waals surface area contributed by atoms with Gasteiger partial charge in [0.15, 0.2) is 11.5 Å². The Bertz CT molecular complexity index is 1300. The maximum absolute atomic E-state index is 13.5. The number of ether oxygens (including phenoxy) is 2. The molecule has 2 heterocycles. The Kier molecular flexibility index (Phi) is 5.52. The van der Waals surface area contributed by atoms with Gasteiger partial charge in [-0.2, -0.15) is 0 Å². The first-order valence-electron chi connectivity index (χ1n) is 9.79. The van der Waals surface area contributed by atoms with Crippen LogP contribution in [-0.4, -0.2) is 55.9 Å². The van der Waals surface area contributed by atoms with E-state index in [2.05, 4.69) is 0 Å². The smallest absolute Gasteiger partial charge is 0.264 e. The number of nitrogens with zero attached hydrogens (tertiary/aromatic N) is 2. The number of carbonyl (C=O) groups excluding carboxylic acids is 2. The van der Waals surface area contributed by atoms with Crippen molar-refractivity contribution in [3.63, 3.8) is 0 Å². The zero-order valence-corrected chi connectivity index (χ0v) is 18.6. The molecular weight excluding hydrogens is 432 g/mol. The van der Waals surface area contributed by atoms with Gasteiger partial charge in [-0.1, -0.05) is 12.1 Å². The molecule has 2 aromatic carbocycles. The van der Waals surface area contributed by atoms with Crippen molar-refractivity contribution in [3.8, 4) is 17.2 Å². The monoisotopic (exact) mass is 454 g/mol. The van der Waals surface area contributed by atoms with Gasteiger partial charge in [-0.15, -0.1) is 0 Å². The van der Waals surface area contributed by atoms with E-state index in [4.69, 9.17) is 9.47 Å². The van der Waals surface area contributed by atoms with Gasteiger partial charge in [0.2, 0.25) is 0 Å². The third-order valence-corrected chi connectivity index (χ3v) is 6.29. The number of amides is 2. The van der Waals surface area contributed by atoms with Gasteiger partial charge < -0.3 is 14.0 Å². The molecule has 0 spiro atoms. The average Bonchev–Trinajstić information content (AvgIpc) is 3.38. The normalized spacial score (nSPS) is 14.4. The fourth-order valence-electron chi connectivity index (χ4n) is 3.95. The summed E-state index contributed by atoms with van der Waals surface area (Å²) in [5.74, 6) is -0.688. The second kappa shape index (κ2) is 8.16. The molecule has 9 heteroatoms. The second-order valence-corrected chi connectivity index (χ2v) is 9.68. The minimum absolute atomic E-state index is 0.236. The number of carbonyl (C=O) groups is 2. The molecule has 1 atom stereocenters. The van der Waals surface area contributed by atoms with Crippen molar-refractivity contribution in [1.29, 1.82) is 0 Å². The van der Waals surface area contributed by atoms with Crippen LogP contribution < -0.4 is 9.47 Å². The predicted octanol–water partition coefficient (Wildman–Crippen LogP) is 2.88. The van der Waals surface area contributed by atoms with Crippen LogP contribution >= 0.6 is 0 Å². The van der Waals surface area contributed by atoms with Crippen molar-refractivity contribution in [2.75, 3.05) is 26.2 Å². The molecule has 0 aliphatic carbocycles. The number of imide groups is 1. The van der Waals surface area contributed by atoms with Crippen molar-refractivity contribution in [2.24, 2.45) is 0 Å². The lowest BCUT2D eigenvalue weighted by molar-refractivity contribution is 0.0597. The minimum atomic E-state index is -3.56. The van der Waals surface area contributed by atoms with Gasteiger partial charge in [0.25, 0.3) is 11.8 Å². The lowest BCUT2D eigenvalue weighted by Crippen LogP contribution is -2.37. The van der Waals surface area contributed by atoms with Gasteiger partial charge >= 0.3 is 0 Å². The fourth-order valence-corrected chi connectivity index (χ4v) is 4.86. The second-order valence-electron chi connectivity index (χ2n) is 7.49. The molecule has 0 fully saturated rings. The fraction of sp³-hybridized carbons (Fsp3) is 0.217. The Hall–Kier alpha value is -3.59. The van der Waals surface area contributed by atoms with Gasteiger partial charge in [-0.05, 0) is 42.0 Å². The standard InChI is InChI=1S/C23H22N2O6S/c1-30-19-10-9-15(13-20(19)31-2)18(14-32(3,28)29)25-22(26)16-7-6-8-17(21(16)23(25)27)24-11-4-5-12-24/h4-13,18H,14H2,1-3H3. The summed E-state index contributed by atoms with van der Waals surface area (Å²) in [6, 6.07) is 12.5. The number of hydrogen-bond acceptors (Lipinski definition) is 6. The third-order valence-electron chi connectivity index (χ3n) is 5.37. The topological polar surface area (TPSA) is 94.9 Å². The quantitative estimate of drug-likeness (QED) is 0.510. The Morgan fingerprint density at radius 3 is 2.22 bits per heavy atom. The first-order chi connectivity index (χ1) is 15.2. The van der Waals surface area contributed by atoms with Crippen molar-refractivity contribution in [3.05, 3.63) is 77.6 Å². The summed E-state index contributed by atoms with van der Waals surface area (Å²) in [5.41, 5.74) is 1.48. The van der Waals surface area contributed by atoms with Gasteiger partial charge in [0, 0.05) is 18.6 Å². The van der Waals surface area contributed by atoms with Crippen LogP contribution in [0.3, 0.4) is 0 Å². The van der Waals surface area contributed by atoms with Gasteiger partial charge in [-0.25, -0.2) is 8.42 Å². The first kappa shape index (κ1) is 21.6. The molecule has 32 heavy (non-hydrogen) atoms. The van der Waals surface area contributed by atoms with Crippen LogP contribution in [0.5, 0.6) is 11.5 Å². The molecular formula is C23H22N2O6S. The molecule has 8 nitrogen and oxygen atoms in total. The number of hydrogen-bond donors (Lipinski definition) is 0. The van der Waals surface area contributed by atoms with Crippen LogP contribution in [0.15, 0.2) is 60.9 Å². The lowest BCUT2D eigenvalue weighted by atomic mass is 10.1. The van der Waals surface area contributed by atoms with Crippen molar-refractivity contribution < 1.29 is 27.5 Å². The van der Waals surface area contributed by atoms with Crippen LogP contribution in [-0.2, 0) is 9.84 Å². The molecule has 3 aromatic rings. The summed E-state index contributed by atoms with van der Waals surface area (Å²) in [6.07, 6.45) is 4.63. The molecule has 2 amide bonds. The van der Waals surface area contributed by atoms with Gasteiger partial charge in [-0.3, -0.25) is 14.5 Å². The van der Waals surface area contributed by atoms with Crippen molar-refractivity contribution in [1.82, 2.24) is 9.47 Å². The molecule has 1 unspecified atom stereocenters. The third kappa shape index (κ3) is 3.75. The molecule has 166 valence electrons. The Labute approximate surface area is 185 Å². The van der Waals surface area contributed by atoms with E-state index in [1.807, 2.05) is 12.1 Å². The van der Waals surface area contributed by atoms with E-state index >= 15 is 0 Å². The molecule has 1 aliphatic rings. The van der Waals surface area contributed by atoms with Crippen molar-refractivity contribution >= 4 is 21.7 Å². The van der Waals surface area contributed by atoms with E-state index in [9.17, 15) is 18.0 Å². The van der Waals surface area contributed by atoms with Crippen LogP contribution in [0.2, 0.25) is 0 Å². The Balaban J connectivity index is 1.85. The van der Waals surface area contributed by atoms with Crippen LogP contribution in [0, 0.1) is 0 Å². The first-order valence-corrected chi connectivity index (χ1v) is 11.8. The number of fused-ring (bicyclic) bond motifs is 1. The molecule has 1 aliphatic heterocycles. The lowest BCUT2D eigenvalue weighted by Gasteiger charge is -2.26.